The molecular formula is C25H19Cl2FN4O5. The molecular weight excluding hydrogens is 526 g/mol. The molecule has 0 radical (unpaired) electrons. The van der Waals surface area contributed by atoms with Crippen LogP contribution in [0.5, 0.6) is 5.75 Å². The van der Waals surface area contributed by atoms with Gasteiger partial charge < -0.3 is 5.11 Å². The lowest BCUT2D eigenvalue weighted by Gasteiger charge is -2.49. The number of imide groups is 1. The molecule has 9 nitrogen and oxygen atoms in total. The molecule has 2 fully saturated rings. The zero-order valence-electron chi connectivity index (χ0n) is 19.3. The highest BCUT2D eigenvalue weighted by Gasteiger charge is 2.76. The highest BCUT2D eigenvalue weighted by atomic mass is 35.5. The number of hydrogen-bond acceptors (Lipinski definition) is 5. The van der Waals surface area contributed by atoms with E-state index in [-0.39, 0.29) is 30.0 Å². The fraction of sp³-hybridized carbons (Fsp3) is 0.280. The van der Waals surface area contributed by atoms with Crippen molar-refractivity contribution in [3.63, 3.8) is 0 Å². The van der Waals surface area contributed by atoms with Crippen LogP contribution >= 0.6 is 23.2 Å². The molecule has 1 saturated heterocycles. The first kappa shape index (κ1) is 23.7. The first-order valence-electron chi connectivity index (χ1n) is 11.4. The Morgan fingerprint density at radius 2 is 1.65 bits per heavy atom. The number of alkyl halides is 2. The van der Waals surface area contributed by atoms with E-state index >= 15 is 0 Å². The third-order valence-electron chi connectivity index (χ3n) is 7.60. The molecule has 2 aliphatic heterocycles. The molecule has 1 N–H and O–H groups in total. The van der Waals surface area contributed by atoms with E-state index in [0.29, 0.717) is 5.57 Å². The Labute approximate surface area is 218 Å². The number of anilines is 1. The summed E-state index contributed by atoms with van der Waals surface area (Å²) in [4.78, 5) is 50.4. The van der Waals surface area contributed by atoms with Gasteiger partial charge in [-0.3, -0.25) is 9.59 Å². The predicted molar refractivity (Wildman–Crippen MR) is 133 cm³/mol. The molecule has 1 aliphatic carbocycles. The van der Waals surface area contributed by atoms with Gasteiger partial charge in [-0.15, -0.1) is 23.2 Å². The molecule has 2 aromatic carbocycles. The minimum absolute atomic E-state index is 0.0108. The van der Waals surface area contributed by atoms with Crippen LogP contribution in [0.3, 0.4) is 0 Å². The molecule has 3 aliphatic rings. The van der Waals surface area contributed by atoms with Crippen LogP contribution < -0.4 is 16.3 Å². The van der Waals surface area contributed by atoms with Crippen molar-refractivity contribution in [3.05, 3.63) is 92.5 Å². The van der Waals surface area contributed by atoms with Crippen LogP contribution in [0.4, 0.5) is 10.1 Å². The maximum atomic E-state index is 14.1. The van der Waals surface area contributed by atoms with E-state index in [1.165, 1.54) is 34.6 Å². The van der Waals surface area contributed by atoms with Crippen LogP contribution in [0, 0.1) is 5.82 Å². The Morgan fingerprint density at radius 3 is 2.32 bits per heavy atom. The first-order chi connectivity index (χ1) is 17.5. The second-order valence-electron chi connectivity index (χ2n) is 9.40. The van der Waals surface area contributed by atoms with Gasteiger partial charge in [-0.05, 0) is 35.9 Å². The zero-order valence-corrected chi connectivity index (χ0v) is 20.8. The van der Waals surface area contributed by atoms with Gasteiger partial charge in [0.05, 0.1) is 18.3 Å². The van der Waals surface area contributed by atoms with Crippen molar-refractivity contribution in [1.82, 2.24) is 13.9 Å². The van der Waals surface area contributed by atoms with E-state index in [4.69, 9.17) is 23.2 Å². The molecule has 190 valence electrons. The molecule has 12 heteroatoms. The number of hydrogen-bond donors (Lipinski definition) is 1. The van der Waals surface area contributed by atoms with Crippen LogP contribution in [0.2, 0.25) is 0 Å². The summed E-state index contributed by atoms with van der Waals surface area (Å²) in [5.74, 6) is -3.56. The summed E-state index contributed by atoms with van der Waals surface area (Å²) in [5.41, 5.74) is -0.380. The van der Waals surface area contributed by atoms with E-state index in [0.717, 1.165) is 21.6 Å². The number of phenolic OH excluding ortho intramolecular Hbond substituents is 1. The number of aromatic hydroxyl groups is 1. The Balaban J connectivity index is 1.63. The number of rotatable bonds is 2. The van der Waals surface area contributed by atoms with Gasteiger partial charge in [-0.2, -0.15) is 0 Å². The molecule has 0 spiro atoms. The highest BCUT2D eigenvalue weighted by molar-refractivity contribution is 6.58. The number of carbonyl (C=O) groups excluding carboxylic acids is 2. The average molecular weight is 545 g/mol. The van der Waals surface area contributed by atoms with Crippen molar-refractivity contribution in [3.8, 4) is 5.75 Å². The SMILES string of the molecule is Cn1c(=O)n2n(c1=O)[C@@H]1C[C@@]3(Cl)C(=O)N(c4ccc(F)cc4)C(=O)[C@@]3(Cl)[C@@H](c3ccccc3O)C1=CC2. The topological polar surface area (TPSA) is 107 Å². The zero-order chi connectivity index (χ0) is 26.4. The smallest absolute Gasteiger partial charge is 0.347 e. The second kappa shape index (κ2) is 7.69. The van der Waals surface area contributed by atoms with Crippen molar-refractivity contribution in [2.24, 2.45) is 7.05 Å². The summed E-state index contributed by atoms with van der Waals surface area (Å²) in [5, 5.41) is 10.8. The van der Waals surface area contributed by atoms with E-state index in [1.54, 1.807) is 24.3 Å². The maximum Gasteiger partial charge on any atom is 0.347 e. The standard InChI is InChI=1S/C25H19Cl2FN4O5/c1-29-22(36)30-11-10-15-17(32(30)23(29)37)12-24(26)20(34)31(14-8-6-13(28)7-9-14)21(35)25(24,27)19(15)16-4-2-3-5-18(16)33/h2-10,17,19,33H,11-12H2,1H3/t17-,19-,24-,25+/m1/s1. The number of amides is 2. The van der Waals surface area contributed by atoms with Crippen molar-refractivity contribution < 1.29 is 19.1 Å². The predicted octanol–water partition coefficient (Wildman–Crippen LogP) is 2.39. The summed E-state index contributed by atoms with van der Waals surface area (Å²) in [6.45, 7) is 0.0108. The molecule has 37 heavy (non-hydrogen) atoms. The Bertz CT molecular complexity index is 1660. The van der Waals surface area contributed by atoms with Crippen LogP contribution in [0.1, 0.15) is 23.9 Å². The normalized spacial score (nSPS) is 28.5. The number of benzene rings is 2. The second-order valence-corrected chi connectivity index (χ2v) is 10.6. The number of carbonyl (C=O) groups is 2. The Morgan fingerprint density at radius 1 is 0.973 bits per heavy atom. The number of allylic oxidation sites excluding steroid dienone is 2. The van der Waals surface area contributed by atoms with Gasteiger partial charge in [0.1, 0.15) is 11.6 Å². The summed E-state index contributed by atoms with van der Waals surface area (Å²) >= 11 is 14.3. The molecule has 1 saturated carbocycles. The van der Waals surface area contributed by atoms with Gasteiger partial charge in [0.15, 0.2) is 9.75 Å². The monoisotopic (exact) mass is 544 g/mol. The lowest BCUT2D eigenvalue weighted by atomic mass is 9.64. The summed E-state index contributed by atoms with van der Waals surface area (Å²) in [7, 11) is 1.34. The van der Waals surface area contributed by atoms with Crippen LogP contribution in [0.25, 0.3) is 0 Å². The molecule has 0 unspecified atom stereocenters. The summed E-state index contributed by atoms with van der Waals surface area (Å²) < 4.78 is 17.0. The Hall–Kier alpha value is -3.63. The lowest BCUT2D eigenvalue weighted by molar-refractivity contribution is -0.122. The summed E-state index contributed by atoms with van der Waals surface area (Å²) in [6.07, 6.45) is 1.40. The van der Waals surface area contributed by atoms with E-state index in [1.807, 2.05) is 0 Å². The first-order valence-corrected chi connectivity index (χ1v) is 12.2. The van der Waals surface area contributed by atoms with E-state index in [9.17, 15) is 28.7 Å². The van der Waals surface area contributed by atoms with Gasteiger partial charge >= 0.3 is 11.4 Å². The van der Waals surface area contributed by atoms with Crippen molar-refractivity contribution in [2.75, 3.05) is 4.90 Å². The molecule has 0 bridgehead atoms. The van der Waals surface area contributed by atoms with Crippen LogP contribution in [-0.2, 0) is 23.2 Å². The third kappa shape index (κ3) is 2.85. The number of nitrogens with zero attached hydrogens (tertiary/aromatic N) is 4. The fourth-order valence-electron chi connectivity index (χ4n) is 5.85. The highest BCUT2D eigenvalue weighted by Crippen LogP contribution is 2.64. The Kier molecular flexibility index (Phi) is 4.93. The van der Waals surface area contributed by atoms with Crippen molar-refractivity contribution in [1.29, 1.82) is 0 Å². The minimum Gasteiger partial charge on any atom is -0.508 e. The van der Waals surface area contributed by atoms with Gasteiger partial charge in [0, 0.05) is 24.9 Å². The lowest BCUT2D eigenvalue weighted by Crippen LogP contribution is -2.59. The number of para-hydroxylation sites is 1. The van der Waals surface area contributed by atoms with E-state index < -0.39 is 50.7 Å². The number of halogens is 3. The molecule has 2 amide bonds. The largest absolute Gasteiger partial charge is 0.508 e. The minimum atomic E-state index is -2.11. The number of phenols is 1. The molecule has 6 rings (SSSR count). The molecule has 3 heterocycles. The van der Waals surface area contributed by atoms with Crippen molar-refractivity contribution in [2.45, 2.75) is 34.7 Å². The van der Waals surface area contributed by atoms with Gasteiger partial charge in [0.2, 0.25) is 0 Å². The number of fused-ring (bicyclic) bond motifs is 4. The van der Waals surface area contributed by atoms with E-state index in [2.05, 4.69) is 0 Å². The fourth-order valence-corrected chi connectivity index (χ4v) is 6.75. The summed E-state index contributed by atoms with van der Waals surface area (Å²) in [6, 6.07) is 10.1. The van der Waals surface area contributed by atoms with Gasteiger partial charge in [-0.25, -0.2) is 32.8 Å². The molecule has 3 aromatic rings. The average Bonchev–Trinajstić information content (AvgIpc) is 3.18. The van der Waals surface area contributed by atoms with Crippen LogP contribution in [-0.4, -0.2) is 40.6 Å². The van der Waals surface area contributed by atoms with Gasteiger partial charge in [-0.1, -0.05) is 24.3 Å². The third-order valence-corrected chi connectivity index (χ3v) is 9.02. The van der Waals surface area contributed by atoms with Crippen LogP contribution in [0.15, 0.2) is 69.8 Å². The molecule has 1 aromatic heterocycles. The van der Waals surface area contributed by atoms with Crippen molar-refractivity contribution >= 4 is 40.7 Å². The van der Waals surface area contributed by atoms with Gasteiger partial charge in [0.25, 0.3) is 11.8 Å². The number of aromatic nitrogens is 3. The quantitative estimate of drug-likeness (QED) is 0.303. The molecule has 4 atom stereocenters. The maximum absolute atomic E-state index is 14.1.